The van der Waals surface area contributed by atoms with Crippen molar-refractivity contribution in [3.63, 3.8) is 0 Å². The van der Waals surface area contributed by atoms with Gasteiger partial charge in [0, 0.05) is 18.7 Å². The molecule has 0 heterocycles. The van der Waals surface area contributed by atoms with Crippen LogP contribution in [0.3, 0.4) is 0 Å². The largest absolute Gasteiger partial charge is 0.480 e. The third-order valence-electron chi connectivity index (χ3n) is 3.06. The molecule has 0 saturated heterocycles. The second-order valence-corrected chi connectivity index (χ2v) is 5.26. The van der Waals surface area contributed by atoms with E-state index in [-0.39, 0.29) is 30.1 Å². The zero-order valence-corrected chi connectivity index (χ0v) is 12.5. The molecule has 0 fully saturated rings. The number of carboxylic acid groups (broad SMARTS) is 1. The number of rotatable bonds is 6. The van der Waals surface area contributed by atoms with E-state index in [4.69, 9.17) is 12.2 Å². The number of carbonyl (C=O) groups excluding carboxylic acids is 1. The van der Waals surface area contributed by atoms with Crippen LogP contribution in [-0.2, 0) is 4.79 Å². The van der Waals surface area contributed by atoms with Gasteiger partial charge in [-0.3, -0.25) is 4.79 Å². The molecule has 1 rings (SSSR count). The van der Waals surface area contributed by atoms with Crippen LogP contribution in [0.5, 0.6) is 0 Å². The molecular weight excluding hydrogens is 287 g/mol. The van der Waals surface area contributed by atoms with Crippen LogP contribution in [0, 0.1) is 24.1 Å². The Morgan fingerprint density at radius 2 is 2.09 bits per heavy atom. The zero-order chi connectivity index (χ0) is 16.9. The topological polar surface area (TPSA) is 83.6 Å². The van der Waals surface area contributed by atoms with Gasteiger partial charge in [0.2, 0.25) is 0 Å². The second-order valence-electron chi connectivity index (χ2n) is 5.26. The monoisotopic (exact) mass is 305 g/mol. The van der Waals surface area contributed by atoms with Gasteiger partial charge >= 0.3 is 5.97 Å². The van der Waals surface area contributed by atoms with Crippen molar-refractivity contribution in [2.45, 2.75) is 19.9 Å². The Kier molecular flexibility index (Phi) is 6.08. The lowest BCUT2D eigenvalue weighted by molar-refractivity contribution is -0.142. The van der Waals surface area contributed by atoms with E-state index >= 15 is 0 Å². The van der Waals surface area contributed by atoms with E-state index in [1.54, 1.807) is 0 Å². The summed E-state index contributed by atoms with van der Waals surface area (Å²) in [4.78, 5) is 24.9. The minimum atomic E-state index is -1.21. The first-order valence-corrected chi connectivity index (χ1v) is 6.78. The number of aliphatic carboxylic acids is 1. The maximum absolute atomic E-state index is 13.7. The lowest BCUT2D eigenvalue weighted by Crippen LogP contribution is -2.50. The molecule has 0 bridgehead atoms. The minimum absolute atomic E-state index is 0.0110. The third kappa shape index (κ3) is 4.06. The van der Waals surface area contributed by atoms with Crippen molar-refractivity contribution in [2.24, 2.45) is 11.7 Å². The highest BCUT2D eigenvalue weighted by molar-refractivity contribution is 5.96. The minimum Gasteiger partial charge on any atom is -0.480 e. The highest BCUT2D eigenvalue weighted by Crippen LogP contribution is 2.15. The lowest BCUT2D eigenvalue weighted by atomic mass is 10.1. The normalized spacial score (nSPS) is 11.8. The van der Waals surface area contributed by atoms with Crippen molar-refractivity contribution in [2.75, 3.05) is 13.1 Å². The van der Waals surface area contributed by atoms with E-state index in [9.17, 15) is 19.1 Å². The molecule has 0 aromatic heterocycles. The Labute approximate surface area is 128 Å². The summed E-state index contributed by atoms with van der Waals surface area (Å²) in [5.74, 6) is -0.640. The molecule has 1 atom stereocenters. The fraction of sp³-hybridized carbons (Fsp3) is 0.375. The predicted octanol–water partition coefficient (Wildman–Crippen LogP) is 1.27. The van der Waals surface area contributed by atoms with Gasteiger partial charge in [-0.05, 0) is 36.5 Å². The number of benzene rings is 1. The Morgan fingerprint density at radius 3 is 2.50 bits per heavy atom. The van der Waals surface area contributed by atoms with Crippen molar-refractivity contribution >= 4 is 11.9 Å². The predicted molar refractivity (Wildman–Crippen MR) is 79.0 cm³/mol. The van der Waals surface area contributed by atoms with E-state index in [0.29, 0.717) is 0 Å². The maximum atomic E-state index is 13.7. The Balaban J connectivity index is 3.19. The number of hydrogen-bond acceptors (Lipinski definition) is 3. The molecule has 1 unspecified atom stereocenters. The average molecular weight is 305 g/mol. The molecule has 0 aliphatic carbocycles. The lowest BCUT2D eigenvalue weighted by Gasteiger charge is -2.29. The number of nitrogens with two attached hydrogens (primary N) is 1. The quantitative estimate of drug-likeness (QED) is 0.775. The summed E-state index contributed by atoms with van der Waals surface area (Å²) in [6.45, 7) is 3.63. The van der Waals surface area contributed by atoms with E-state index in [0.717, 1.165) is 11.0 Å². The van der Waals surface area contributed by atoms with Crippen molar-refractivity contribution < 1.29 is 19.1 Å². The second kappa shape index (κ2) is 7.57. The summed E-state index contributed by atoms with van der Waals surface area (Å²) >= 11 is 0. The van der Waals surface area contributed by atoms with Crippen LogP contribution in [0.2, 0.25) is 0 Å². The molecule has 1 radical (unpaired) electrons. The molecule has 0 aliphatic rings. The Morgan fingerprint density at radius 1 is 1.45 bits per heavy atom. The number of halogens is 1. The van der Waals surface area contributed by atoms with Crippen LogP contribution >= 0.6 is 0 Å². The van der Waals surface area contributed by atoms with Gasteiger partial charge in [-0.2, -0.15) is 0 Å². The summed E-state index contributed by atoms with van der Waals surface area (Å²) < 4.78 is 13.7. The van der Waals surface area contributed by atoms with Crippen LogP contribution in [-0.4, -0.2) is 41.0 Å². The molecule has 3 N–H and O–H groups in total. The van der Waals surface area contributed by atoms with Crippen LogP contribution in [0.15, 0.2) is 18.2 Å². The van der Waals surface area contributed by atoms with Gasteiger partial charge in [0.1, 0.15) is 11.9 Å². The van der Waals surface area contributed by atoms with Gasteiger partial charge in [-0.25, -0.2) is 9.18 Å². The number of amides is 1. The smallest absolute Gasteiger partial charge is 0.327 e. The van der Waals surface area contributed by atoms with Gasteiger partial charge in [0.25, 0.3) is 5.91 Å². The molecule has 1 aromatic rings. The maximum Gasteiger partial charge on any atom is 0.327 e. The molecule has 1 aromatic carbocycles. The van der Waals surface area contributed by atoms with Gasteiger partial charge < -0.3 is 15.7 Å². The fourth-order valence-corrected chi connectivity index (χ4v) is 2.02. The first-order valence-electron chi connectivity index (χ1n) is 6.78. The zero-order valence-electron chi connectivity index (χ0n) is 12.5. The highest BCUT2D eigenvalue weighted by atomic mass is 19.1. The van der Waals surface area contributed by atoms with Crippen molar-refractivity contribution in [1.29, 1.82) is 0 Å². The summed E-state index contributed by atoms with van der Waals surface area (Å²) in [6.07, 6.45) is 6.91. The van der Waals surface area contributed by atoms with Gasteiger partial charge in [0.15, 0.2) is 0 Å². The SMILES string of the molecule is [C]#Cc1ccc(C(=O)N(CC(C)C)C(CN)C(=O)O)cc1F. The molecule has 5 nitrogen and oxygen atoms in total. The van der Waals surface area contributed by atoms with Gasteiger partial charge in [-0.15, -0.1) is 0 Å². The van der Waals surface area contributed by atoms with Gasteiger partial charge in [0.05, 0.1) is 5.56 Å². The molecule has 0 aliphatic heterocycles. The fourth-order valence-electron chi connectivity index (χ4n) is 2.02. The first kappa shape index (κ1) is 17.7. The third-order valence-corrected chi connectivity index (χ3v) is 3.06. The van der Waals surface area contributed by atoms with E-state index in [1.807, 2.05) is 19.8 Å². The summed E-state index contributed by atoms with van der Waals surface area (Å²) in [7, 11) is 0. The summed E-state index contributed by atoms with van der Waals surface area (Å²) in [5, 5.41) is 9.21. The standard InChI is InChI=1S/C16H18FN2O3/c1-4-11-5-6-12(7-13(11)17)15(20)19(9-10(2)3)14(8-18)16(21)22/h5-7,10,14H,8-9,18H2,2-3H3,(H,21,22). The van der Waals surface area contributed by atoms with Crippen LogP contribution in [0.1, 0.15) is 29.8 Å². The molecule has 1 amide bonds. The molecule has 0 saturated carbocycles. The first-order chi connectivity index (χ1) is 10.3. The number of hydrogen-bond donors (Lipinski definition) is 2. The van der Waals surface area contributed by atoms with Gasteiger partial charge in [-0.1, -0.05) is 13.8 Å². The van der Waals surface area contributed by atoms with Crippen molar-refractivity contribution in [3.05, 3.63) is 41.6 Å². The van der Waals surface area contributed by atoms with Crippen LogP contribution < -0.4 is 5.73 Å². The van der Waals surface area contributed by atoms with Crippen molar-refractivity contribution in [3.8, 4) is 5.92 Å². The van der Waals surface area contributed by atoms with Crippen LogP contribution in [0.25, 0.3) is 0 Å². The number of nitrogens with zero attached hydrogens (tertiary/aromatic N) is 1. The van der Waals surface area contributed by atoms with E-state index in [1.165, 1.54) is 12.1 Å². The number of carbonyl (C=O) groups is 2. The summed E-state index contributed by atoms with van der Waals surface area (Å²) in [6, 6.07) is 2.39. The van der Waals surface area contributed by atoms with Crippen LogP contribution in [0.4, 0.5) is 4.39 Å². The molecule has 22 heavy (non-hydrogen) atoms. The van der Waals surface area contributed by atoms with E-state index < -0.39 is 23.7 Å². The van der Waals surface area contributed by atoms with E-state index in [2.05, 4.69) is 0 Å². The highest BCUT2D eigenvalue weighted by Gasteiger charge is 2.30. The molecule has 6 heteroatoms. The molecule has 0 spiro atoms. The molecular formula is C16H18FN2O3. The Bertz CT molecular complexity index is 608. The average Bonchev–Trinajstić information content (AvgIpc) is 2.45. The number of carboxylic acids is 1. The Hall–Kier alpha value is -2.39. The molecule has 117 valence electrons. The summed E-state index contributed by atoms with van der Waals surface area (Å²) in [5.41, 5.74) is 5.40. The van der Waals surface area contributed by atoms with Crippen molar-refractivity contribution in [1.82, 2.24) is 4.90 Å².